The van der Waals surface area contributed by atoms with Gasteiger partial charge in [0.05, 0.1) is 6.21 Å². The monoisotopic (exact) mass is 262 g/mol. The van der Waals surface area contributed by atoms with Gasteiger partial charge in [0.2, 0.25) is 5.96 Å². The van der Waals surface area contributed by atoms with Gasteiger partial charge < -0.3 is 16.4 Å². The molecular formula is C12H18N6O. The lowest BCUT2D eigenvalue weighted by Gasteiger charge is -2.06. The fourth-order valence-electron chi connectivity index (χ4n) is 1.24. The summed E-state index contributed by atoms with van der Waals surface area (Å²) >= 11 is 0. The maximum atomic E-state index is 11.4. The average molecular weight is 262 g/mol. The summed E-state index contributed by atoms with van der Waals surface area (Å²) in [6.07, 6.45) is 2.42. The number of hydrogen-bond acceptors (Lipinski definition) is 3. The molecule has 7 nitrogen and oxygen atoms in total. The van der Waals surface area contributed by atoms with Gasteiger partial charge in [-0.15, -0.1) is 0 Å². The average Bonchev–Trinajstić information content (AvgIpc) is 2.38. The smallest absolute Gasteiger partial charge is 0.319 e. The highest BCUT2D eigenvalue weighted by Gasteiger charge is 1.99. The maximum Gasteiger partial charge on any atom is 0.319 e. The second-order valence-corrected chi connectivity index (χ2v) is 3.79. The number of benzene rings is 1. The molecule has 0 bridgehead atoms. The largest absolute Gasteiger partial charge is 0.369 e. The van der Waals surface area contributed by atoms with Crippen molar-refractivity contribution in [3.05, 3.63) is 29.8 Å². The molecule has 0 aromatic heterocycles. The summed E-state index contributed by atoms with van der Waals surface area (Å²) in [7, 11) is 0. The van der Waals surface area contributed by atoms with Gasteiger partial charge in [-0.1, -0.05) is 19.1 Å². The van der Waals surface area contributed by atoms with Crippen LogP contribution in [0.5, 0.6) is 0 Å². The van der Waals surface area contributed by atoms with Crippen molar-refractivity contribution in [2.75, 3.05) is 11.9 Å². The number of guanidine groups is 1. The van der Waals surface area contributed by atoms with Crippen LogP contribution in [0.2, 0.25) is 0 Å². The molecule has 1 aromatic rings. The summed E-state index contributed by atoms with van der Waals surface area (Å²) in [4.78, 5) is 11.4. The van der Waals surface area contributed by atoms with Gasteiger partial charge in [0.25, 0.3) is 0 Å². The van der Waals surface area contributed by atoms with Crippen LogP contribution in [-0.2, 0) is 0 Å². The third kappa shape index (κ3) is 6.06. The first-order valence-corrected chi connectivity index (χ1v) is 5.90. The van der Waals surface area contributed by atoms with Crippen molar-refractivity contribution in [3.8, 4) is 0 Å². The number of carbonyl (C=O) groups is 1. The lowest BCUT2D eigenvalue weighted by Crippen LogP contribution is -2.29. The van der Waals surface area contributed by atoms with Crippen LogP contribution in [0.3, 0.4) is 0 Å². The zero-order valence-electron chi connectivity index (χ0n) is 10.7. The first-order chi connectivity index (χ1) is 9.11. The van der Waals surface area contributed by atoms with Crippen LogP contribution in [0.1, 0.15) is 18.9 Å². The van der Waals surface area contributed by atoms with Crippen molar-refractivity contribution in [2.45, 2.75) is 13.3 Å². The van der Waals surface area contributed by atoms with E-state index in [2.05, 4.69) is 21.2 Å². The summed E-state index contributed by atoms with van der Waals surface area (Å²) in [5.41, 5.74) is 8.92. The Balaban J connectivity index is 2.49. The molecule has 7 heteroatoms. The molecule has 19 heavy (non-hydrogen) atoms. The van der Waals surface area contributed by atoms with E-state index in [1.807, 2.05) is 6.92 Å². The number of nitrogens with two attached hydrogens (primary N) is 1. The van der Waals surface area contributed by atoms with E-state index in [0.29, 0.717) is 12.2 Å². The zero-order chi connectivity index (χ0) is 14.1. The van der Waals surface area contributed by atoms with Gasteiger partial charge in [-0.2, -0.15) is 5.10 Å². The van der Waals surface area contributed by atoms with Crippen molar-refractivity contribution in [2.24, 2.45) is 10.8 Å². The lowest BCUT2D eigenvalue weighted by atomic mass is 10.2. The zero-order valence-corrected chi connectivity index (χ0v) is 10.7. The third-order valence-corrected chi connectivity index (χ3v) is 2.10. The first-order valence-electron chi connectivity index (χ1n) is 5.90. The lowest BCUT2D eigenvalue weighted by molar-refractivity contribution is 0.252. The van der Waals surface area contributed by atoms with Crippen molar-refractivity contribution < 1.29 is 4.79 Å². The van der Waals surface area contributed by atoms with Crippen LogP contribution >= 0.6 is 0 Å². The van der Waals surface area contributed by atoms with E-state index >= 15 is 0 Å². The predicted octanol–water partition coefficient (Wildman–Crippen LogP) is 1.04. The minimum Gasteiger partial charge on any atom is -0.369 e. The Kier molecular flexibility index (Phi) is 5.87. The predicted molar refractivity (Wildman–Crippen MR) is 76.4 cm³/mol. The summed E-state index contributed by atoms with van der Waals surface area (Å²) in [6, 6.07) is 6.89. The first kappa shape index (κ1) is 14.5. The molecule has 0 aliphatic rings. The number of carbonyl (C=O) groups excluding carboxylic acids is 1. The van der Waals surface area contributed by atoms with Crippen LogP contribution < -0.4 is 21.8 Å². The Morgan fingerprint density at radius 1 is 1.42 bits per heavy atom. The Morgan fingerprint density at radius 3 is 2.68 bits per heavy atom. The molecule has 0 spiro atoms. The Morgan fingerprint density at radius 2 is 2.11 bits per heavy atom. The van der Waals surface area contributed by atoms with E-state index in [0.717, 1.165) is 12.0 Å². The number of urea groups is 1. The molecule has 0 atom stereocenters. The molecule has 0 saturated carbocycles. The van der Waals surface area contributed by atoms with Crippen LogP contribution in [0.25, 0.3) is 0 Å². The van der Waals surface area contributed by atoms with E-state index in [4.69, 9.17) is 11.1 Å². The number of nitrogens with one attached hydrogen (secondary N) is 4. The second kappa shape index (κ2) is 7.70. The third-order valence-electron chi connectivity index (χ3n) is 2.10. The number of anilines is 1. The highest BCUT2D eigenvalue weighted by molar-refractivity contribution is 5.90. The van der Waals surface area contributed by atoms with E-state index in [1.165, 1.54) is 6.21 Å². The molecule has 0 aliphatic carbocycles. The van der Waals surface area contributed by atoms with E-state index in [9.17, 15) is 4.79 Å². The van der Waals surface area contributed by atoms with Gasteiger partial charge in [-0.3, -0.25) is 5.41 Å². The standard InChI is InChI=1S/C12H18N6O/c1-2-7-15-12(19)17-10-5-3-9(4-6-10)8-16-18-11(13)14/h3-6,8H,2,7H2,1H3,(H4,13,14,18)(H2,15,17,19)/b16-8+. The molecule has 6 N–H and O–H groups in total. The van der Waals surface area contributed by atoms with Crippen LogP contribution in [0.4, 0.5) is 10.5 Å². The van der Waals surface area contributed by atoms with Gasteiger partial charge >= 0.3 is 6.03 Å². The van der Waals surface area contributed by atoms with Gasteiger partial charge in [0.1, 0.15) is 0 Å². The highest BCUT2D eigenvalue weighted by Crippen LogP contribution is 2.07. The molecule has 0 saturated heterocycles. The summed E-state index contributed by atoms with van der Waals surface area (Å²) in [5.74, 6) is -0.220. The molecule has 0 radical (unpaired) electrons. The van der Waals surface area contributed by atoms with Crippen molar-refractivity contribution in [1.29, 1.82) is 5.41 Å². The van der Waals surface area contributed by atoms with Crippen molar-refractivity contribution >= 4 is 23.9 Å². The van der Waals surface area contributed by atoms with E-state index in [1.54, 1.807) is 24.3 Å². The Bertz CT molecular complexity index is 454. The summed E-state index contributed by atoms with van der Waals surface area (Å²) < 4.78 is 0. The van der Waals surface area contributed by atoms with Crippen LogP contribution in [0.15, 0.2) is 29.4 Å². The quantitative estimate of drug-likeness (QED) is 0.310. The topological polar surface area (TPSA) is 115 Å². The minimum atomic E-state index is -0.221. The molecule has 102 valence electrons. The fraction of sp³-hybridized carbons (Fsp3) is 0.250. The van der Waals surface area contributed by atoms with Crippen LogP contribution in [-0.4, -0.2) is 24.8 Å². The van der Waals surface area contributed by atoms with Gasteiger partial charge in [0, 0.05) is 12.2 Å². The fourth-order valence-corrected chi connectivity index (χ4v) is 1.24. The molecule has 0 aliphatic heterocycles. The Labute approximate surface area is 111 Å². The number of nitrogens with zero attached hydrogens (tertiary/aromatic N) is 1. The maximum absolute atomic E-state index is 11.4. The normalized spacial score (nSPS) is 10.2. The van der Waals surface area contributed by atoms with Gasteiger partial charge in [-0.25, -0.2) is 10.2 Å². The number of hydrogen-bond donors (Lipinski definition) is 5. The Hall–Kier alpha value is -2.57. The SMILES string of the molecule is CCCNC(=O)Nc1ccc(/C=N/NC(=N)N)cc1. The molecule has 2 amide bonds. The van der Waals surface area contributed by atoms with Gasteiger partial charge in [0.15, 0.2) is 0 Å². The molecular weight excluding hydrogens is 244 g/mol. The van der Waals surface area contributed by atoms with Gasteiger partial charge in [-0.05, 0) is 24.1 Å². The number of rotatable bonds is 5. The molecule has 1 aromatic carbocycles. The molecule has 1 rings (SSSR count). The number of amides is 2. The summed E-state index contributed by atoms with van der Waals surface area (Å²) in [5, 5.41) is 16.1. The highest BCUT2D eigenvalue weighted by atomic mass is 16.2. The van der Waals surface area contributed by atoms with Crippen molar-refractivity contribution in [3.63, 3.8) is 0 Å². The molecule has 0 unspecified atom stereocenters. The van der Waals surface area contributed by atoms with E-state index in [-0.39, 0.29) is 12.0 Å². The molecule has 0 fully saturated rings. The number of hydrazone groups is 1. The second-order valence-electron chi connectivity index (χ2n) is 3.79. The summed E-state index contributed by atoms with van der Waals surface area (Å²) in [6.45, 7) is 2.64. The molecule has 0 heterocycles. The van der Waals surface area contributed by atoms with Crippen molar-refractivity contribution in [1.82, 2.24) is 10.7 Å². The van der Waals surface area contributed by atoms with Crippen LogP contribution in [0, 0.1) is 5.41 Å². The minimum absolute atomic E-state index is 0.220. The van der Waals surface area contributed by atoms with E-state index < -0.39 is 0 Å².